The zero-order chi connectivity index (χ0) is 8.43. The smallest absolute Gasteiger partial charge is 0 e. The van der Waals surface area contributed by atoms with Gasteiger partial charge in [0.15, 0.2) is 0 Å². The van der Waals surface area contributed by atoms with E-state index in [1.165, 1.54) is 11.1 Å². The maximum atomic E-state index is 3.41. The topological polar surface area (TPSA) is 0 Å². The van der Waals surface area contributed by atoms with Crippen LogP contribution in [0.2, 0.25) is 0 Å². The van der Waals surface area contributed by atoms with Crippen LogP contribution < -0.4 is 0 Å². The van der Waals surface area contributed by atoms with Gasteiger partial charge in [-0.1, -0.05) is 39.5 Å². The Morgan fingerprint density at radius 3 is 1.86 bits per heavy atom. The van der Waals surface area contributed by atoms with Crippen molar-refractivity contribution in [3.05, 3.63) is 23.3 Å². The summed E-state index contributed by atoms with van der Waals surface area (Å²) in [5.74, 6) is 1.31. The van der Waals surface area contributed by atoms with Crippen LogP contribution in [0, 0.1) is 17.9 Å². The molecule has 82 valence electrons. The van der Waals surface area contributed by atoms with Gasteiger partial charge in [0.2, 0.25) is 0 Å². The Kier molecular flexibility index (Phi) is 13.4. The molecule has 0 aromatic heterocycles. The van der Waals surface area contributed by atoms with Crippen molar-refractivity contribution in [1.29, 1.82) is 0 Å². The first-order chi connectivity index (χ1) is 5.13. The molecule has 0 spiro atoms. The van der Waals surface area contributed by atoms with Gasteiger partial charge in [-0.05, 0) is 0 Å². The van der Waals surface area contributed by atoms with E-state index in [-0.39, 0.29) is 51.0 Å². The van der Waals surface area contributed by atoms with Crippen LogP contribution in [0.3, 0.4) is 0 Å². The monoisotopic (exact) mass is 311 g/mol. The summed E-state index contributed by atoms with van der Waals surface area (Å²) in [4.78, 5) is 0. The van der Waals surface area contributed by atoms with Crippen molar-refractivity contribution in [3.8, 4) is 0 Å². The van der Waals surface area contributed by atoms with Gasteiger partial charge in [-0.3, -0.25) is 6.08 Å². The number of hydrogen-bond donors (Lipinski definition) is 0. The molecule has 3 heteroatoms. The third-order valence-electron chi connectivity index (χ3n) is 2.12. The maximum Gasteiger partial charge on any atom is 0 e. The van der Waals surface area contributed by atoms with Crippen LogP contribution >= 0.6 is 24.8 Å². The second-order valence-electron chi connectivity index (χ2n) is 3.76. The number of allylic oxidation sites excluding steroid dienone is 4. The van der Waals surface area contributed by atoms with Gasteiger partial charge in [0.05, 0.1) is 0 Å². The maximum absolute atomic E-state index is 3.41. The predicted octanol–water partition coefficient (Wildman–Crippen LogP) is 4.20. The summed E-state index contributed by atoms with van der Waals surface area (Å²) in [5.41, 5.74) is 2.96. The Hall–Kier alpha value is 0.943. The van der Waals surface area contributed by atoms with Crippen molar-refractivity contribution in [2.45, 2.75) is 34.1 Å². The minimum absolute atomic E-state index is 0. The van der Waals surface area contributed by atoms with Crippen LogP contribution in [-0.2, 0) is 26.2 Å². The Morgan fingerprint density at radius 1 is 1.07 bits per heavy atom. The van der Waals surface area contributed by atoms with Gasteiger partial charge < -0.3 is 0 Å². The van der Waals surface area contributed by atoms with Crippen LogP contribution in [0.15, 0.2) is 17.2 Å². The molecule has 0 saturated carbocycles. The van der Waals surface area contributed by atoms with Crippen LogP contribution in [0.1, 0.15) is 34.1 Å². The number of halogens is 2. The Balaban J connectivity index is -0.000000403. The van der Waals surface area contributed by atoms with Gasteiger partial charge >= 0.3 is 0 Å². The molecule has 0 fully saturated rings. The second-order valence-corrected chi connectivity index (χ2v) is 3.76. The molecule has 0 amide bonds. The average molecular weight is 313 g/mol. The summed E-state index contributed by atoms with van der Waals surface area (Å²) in [7, 11) is 0. The van der Waals surface area contributed by atoms with Crippen LogP contribution in [0.5, 0.6) is 0 Å². The van der Waals surface area contributed by atoms with E-state index in [1.807, 2.05) is 0 Å². The first-order valence-corrected chi connectivity index (χ1v) is 4.44. The third-order valence-corrected chi connectivity index (χ3v) is 2.12. The van der Waals surface area contributed by atoms with Gasteiger partial charge in [0, 0.05) is 26.2 Å². The zero-order valence-corrected chi connectivity index (χ0v) is 13.3. The normalized spacial score (nSPS) is 13.9. The summed E-state index contributed by atoms with van der Waals surface area (Å²) in [6, 6.07) is 0. The SMILES string of the molecule is CC(C)C1=[C-]CC=C1C(C)C.Cl.Cl.[Zr]. The van der Waals surface area contributed by atoms with E-state index >= 15 is 0 Å². The van der Waals surface area contributed by atoms with Gasteiger partial charge in [-0.2, -0.15) is 11.6 Å². The third kappa shape index (κ3) is 5.14. The first kappa shape index (κ1) is 20.4. The fraction of sp³-hybridized carbons (Fsp3) is 0.636. The van der Waals surface area contributed by atoms with E-state index < -0.39 is 0 Å². The molecule has 0 atom stereocenters. The minimum atomic E-state index is 0. The fourth-order valence-electron chi connectivity index (χ4n) is 1.57. The molecule has 0 N–H and O–H groups in total. The number of rotatable bonds is 2. The zero-order valence-electron chi connectivity index (χ0n) is 9.26. The molecular weight excluding hydrogens is 294 g/mol. The Morgan fingerprint density at radius 2 is 1.57 bits per heavy atom. The van der Waals surface area contributed by atoms with Gasteiger partial charge in [0.1, 0.15) is 0 Å². The van der Waals surface area contributed by atoms with Gasteiger partial charge in [-0.15, -0.1) is 31.2 Å². The van der Waals surface area contributed by atoms with Crippen LogP contribution in [0.25, 0.3) is 0 Å². The average Bonchev–Trinajstić information content (AvgIpc) is 2.32. The van der Waals surface area contributed by atoms with Crippen molar-refractivity contribution in [2.24, 2.45) is 11.8 Å². The van der Waals surface area contributed by atoms with Crippen molar-refractivity contribution < 1.29 is 26.2 Å². The largest absolute Gasteiger partial charge is 0.269 e. The Labute approximate surface area is 120 Å². The molecule has 0 bridgehead atoms. The summed E-state index contributed by atoms with van der Waals surface area (Å²) >= 11 is 0. The summed E-state index contributed by atoms with van der Waals surface area (Å²) in [6.07, 6.45) is 6.75. The van der Waals surface area contributed by atoms with Gasteiger partial charge in [-0.25, -0.2) is 5.57 Å². The molecule has 0 aromatic rings. The molecule has 0 aliphatic heterocycles. The molecule has 0 nitrogen and oxygen atoms in total. The van der Waals surface area contributed by atoms with E-state index in [1.54, 1.807) is 0 Å². The Bertz CT molecular complexity index is 183. The van der Waals surface area contributed by atoms with Crippen molar-refractivity contribution in [2.75, 3.05) is 0 Å². The van der Waals surface area contributed by atoms with E-state index in [0.717, 1.165) is 6.42 Å². The minimum Gasteiger partial charge on any atom is -0.269 e. The van der Waals surface area contributed by atoms with Crippen molar-refractivity contribution in [1.82, 2.24) is 0 Å². The first-order valence-electron chi connectivity index (χ1n) is 4.44. The van der Waals surface area contributed by atoms with Crippen molar-refractivity contribution >= 4 is 24.8 Å². The van der Waals surface area contributed by atoms with Crippen molar-refractivity contribution in [3.63, 3.8) is 0 Å². The molecule has 1 aliphatic rings. The van der Waals surface area contributed by atoms with E-state index in [2.05, 4.69) is 39.8 Å². The van der Waals surface area contributed by atoms with E-state index in [4.69, 9.17) is 0 Å². The van der Waals surface area contributed by atoms with Gasteiger partial charge in [0.25, 0.3) is 0 Å². The predicted molar refractivity (Wildman–Crippen MR) is 63.6 cm³/mol. The molecule has 0 saturated heterocycles. The molecule has 0 unspecified atom stereocenters. The quantitative estimate of drug-likeness (QED) is 0.670. The summed E-state index contributed by atoms with van der Waals surface area (Å²) < 4.78 is 0. The standard InChI is InChI=1S/C11H17.2ClH.Zr/c1-8(2)10-6-5-7-11(10)9(3)4;;;/h6,8-9H,5H2,1-4H3;2*1H;/q-1;;;. The molecule has 1 aliphatic carbocycles. The molecule has 14 heavy (non-hydrogen) atoms. The summed E-state index contributed by atoms with van der Waals surface area (Å²) in [5, 5.41) is 0. The summed E-state index contributed by atoms with van der Waals surface area (Å²) in [6.45, 7) is 8.98. The molecule has 0 radical (unpaired) electrons. The molecule has 0 aromatic carbocycles. The fourth-order valence-corrected chi connectivity index (χ4v) is 1.57. The van der Waals surface area contributed by atoms with Crippen LogP contribution in [0.4, 0.5) is 0 Å². The van der Waals surface area contributed by atoms with Crippen LogP contribution in [-0.4, -0.2) is 0 Å². The van der Waals surface area contributed by atoms with E-state index in [9.17, 15) is 0 Å². The number of hydrogen-bond acceptors (Lipinski definition) is 0. The molecule has 1 rings (SSSR count). The van der Waals surface area contributed by atoms with E-state index in [0.29, 0.717) is 11.8 Å². The molecular formula is C11H19Cl2Zr-. The molecule has 0 heterocycles. The second kappa shape index (κ2) is 9.19.